The highest BCUT2D eigenvalue weighted by Gasteiger charge is 2.38. The quantitative estimate of drug-likeness (QED) is 0.426. The minimum Gasteiger partial charge on any atom is -0.460 e. The van der Waals surface area contributed by atoms with Gasteiger partial charge in [0.1, 0.15) is 18.7 Å². The van der Waals surface area contributed by atoms with Crippen molar-refractivity contribution in [1.82, 2.24) is 9.62 Å². The molecule has 1 aliphatic rings. The Morgan fingerprint density at radius 3 is 2.33 bits per heavy atom. The van der Waals surface area contributed by atoms with E-state index in [0.717, 1.165) is 12.0 Å². The number of sulfonamides is 1. The van der Waals surface area contributed by atoms with Crippen LogP contribution in [0.5, 0.6) is 0 Å². The van der Waals surface area contributed by atoms with E-state index in [1.165, 1.54) is 10.4 Å². The lowest BCUT2D eigenvalue weighted by Gasteiger charge is -2.34. The molecule has 33 heavy (non-hydrogen) atoms. The zero-order chi connectivity index (χ0) is 23.7. The molecule has 0 bridgehead atoms. The third-order valence-corrected chi connectivity index (χ3v) is 7.38. The van der Waals surface area contributed by atoms with E-state index in [4.69, 9.17) is 4.74 Å². The molecule has 2 aromatic carbocycles. The molecule has 1 amide bonds. The maximum absolute atomic E-state index is 13.2. The normalized spacial score (nSPS) is 17.6. The lowest BCUT2D eigenvalue weighted by atomic mass is 10.0. The van der Waals surface area contributed by atoms with Gasteiger partial charge in [-0.15, -0.1) is 0 Å². The van der Waals surface area contributed by atoms with Crippen LogP contribution in [-0.4, -0.2) is 49.8 Å². The van der Waals surface area contributed by atoms with E-state index in [2.05, 4.69) is 11.9 Å². The summed E-state index contributed by atoms with van der Waals surface area (Å²) in [5.41, 5.74) is 1.52. The molecule has 0 spiro atoms. The van der Waals surface area contributed by atoms with E-state index in [0.29, 0.717) is 18.4 Å². The molecule has 1 N–H and O–H groups in total. The maximum atomic E-state index is 13.2. The number of nitrogens with zero attached hydrogens (tertiary/aromatic N) is 1. The Balaban J connectivity index is 1.76. The minimum atomic E-state index is -3.72. The van der Waals surface area contributed by atoms with Gasteiger partial charge < -0.3 is 10.1 Å². The molecule has 0 radical (unpaired) electrons. The molecular formula is C25H30N2O5S. The number of hydrogen-bond donors (Lipinski definition) is 1. The van der Waals surface area contributed by atoms with Gasteiger partial charge in [0.05, 0.1) is 5.75 Å². The zero-order valence-corrected chi connectivity index (χ0v) is 19.4. The number of rotatable bonds is 10. The molecule has 0 unspecified atom stereocenters. The summed E-state index contributed by atoms with van der Waals surface area (Å²) in [5.74, 6) is -1.24. The number of nitrogens with one attached hydrogen (secondary N) is 1. The van der Waals surface area contributed by atoms with Gasteiger partial charge in [-0.05, 0) is 24.0 Å². The monoisotopic (exact) mass is 470 g/mol. The second kappa shape index (κ2) is 11.8. The van der Waals surface area contributed by atoms with Gasteiger partial charge in [0.2, 0.25) is 15.9 Å². The first-order valence-corrected chi connectivity index (χ1v) is 12.7. The molecule has 0 aliphatic carbocycles. The zero-order valence-electron chi connectivity index (χ0n) is 18.6. The Morgan fingerprint density at radius 2 is 1.70 bits per heavy atom. The fourth-order valence-electron chi connectivity index (χ4n) is 3.92. The first-order valence-electron chi connectivity index (χ1n) is 11.1. The molecule has 2 atom stereocenters. The van der Waals surface area contributed by atoms with Crippen LogP contribution >= 0.6 is 0 Å². The Labute approximate surface area is 195 Å². The molecular weight excluding hydrogens is 440 g/mol. The molecule has 7 nitrogen and oxygen atoms in total. The molecule has 0 saturated carbocycles. The minimum absolute atomic E-state index is 0.0288. The van der Waals surface area contributed by atoms with Crippen molar-refractivity contribution < 1.29 is 22.7 Å². The molecule has 176 valence electrons. The average molecular weight is 471 g/mol. The van der Waals surface area contributed by atoms with Crippen molar-refractivity contribution >= 4 is 21.9 Å². The van der Waals surface area contributed by atoms with Crippen molar-refractivity contribution in [2.24, 2.45) is 0 Å². The van der Waals surface area contributed by atoms with Gasteiger partial charge in [-0.3, -0.25) is 4.79 Å². The highest BCUT2D eigenvalue weighted by atomic mass is 32.2. The van der Waals surface area contributed by atoms with E-state index in [1.807, 2.05) is 36.4 Å². The second-order valence-electron chi connectivity index (χ2n) is 8.03. The summed E-state index contributed by atoms with van der Waals surface area (Å²) in [6.45, 7) is 3.85. The Morgan fingerprint density at radius 1 is 1.06 bits per heavy atom. The third-order valence-electron chi connectivity index (χ3n) is 5.53. The maximum Gasteiger partial charge on any atom is 0.329 e. The Hall–Kier alpha value is -2.97. The topological polar surface area (TPSA) is 92.8 Å². The van der Waals surface area contributed by atoms with Crippen molar-refractivity contribution in [3.8, 4) is 0 Å². The van der Waals surface area contributed by atoms with Crippen LogP contribution < -0.4 is 5.32 Å². The first-order chi connectivity index (χ1) is 15.9. The van der Waals surface area contributed by atoms with Crippen LogP contribution in [0, 0.1) is 0 Å². The van der Waals surface area contributed by atoms with Crippen molar-refractivity contribution in [3.05, 3.63) is 84.4 Å². The Bertz CT molecular complexity index is 1040. The highest BCUT2D eigenvalue weighted by molar-refractivity contribution is 7.88. The van der Waals surface area contributed by atoms with Crippen LogP contribution in [0.3, 0.4) is 0 Å². The largest absolute Gasteiger partial charge is 0.460 e. The lowest BCUT2D eigenvalue weighted by molar-refractivity contribution is -0.147. The fraction of sp³-hybridized carbons (Fsp3) is 0.360. The van der Waals surface area contributed by atoms with Crippen molar-refractivity contribution in [3.63, 3.8) is 0 Å². The van der Waals surface area contributed by atoms with Crippen LogP contribution in [0.4, 0.5) is 0 Å². The van der Waals surface area contributed by atoms with Crippen LogP contribution in [0.25, 0.3) is 0 Å². The van der Waals surface area contributed by atoms with Crippen molar-refractivity contribution in [1.29, 1.82) is 0 Å². The van der Waals surface area contributed by atoms with Crippen molar-refractivity contribution in [2.45, 2.75) is 43.5 Å². The van der Waals surface area contributed by atoms with E-state index in [1.54, 1.807) is 24.3 Å². The van der Waals surface area contributed by atoms with Crippen LogP contribution in [0.15, 0.2) is 73.3 Å². The number of amides is 1. The summed E-state index contributed by atoms with van der Waals surface area (Å²) in [5, 5.41) is 2.76. The summed E-state index contributed by atoms with van der Waals surface area (Å²) in [6.07, 6.45) is 3.52. The molecule has 3 rings (SSSR count). The summed E-state index contributed by atoms with van der Waals surface area (Å²) in [6, 6.07) is 16.4. The molecule has 1 heterocycles. The summed E-state index contributed by atoms with van der Waals surface area (Å²) >= 11 is 0. The number of carbonyl (C=O) groups is 2. The molecule has 1 saturated heterocycles. The molecule has 2 aromatic rings. The van der Waals surface area contributed by atoms with Gasteiger partial charge in [0.15, 0.2) is 0 Å². The lowest BCUT2D eigenvalue weighted by Crippen LogP contribution is -2.55. The van der Waals surface area contributed by atoms with Crippen LogP contribution in [-0.2, 0) is 36.5 Å². The molecule has 8 heteroatoms. The average Bonchev–Trinajstić information content (AvgIpc) is 2.83. The number of carbonyl (C=O) groups excluding carboxylic acids is 2. The van der Waals surface area contributed by atoms with E-state index in [-0.39, 0.29) is 25.3 Å². The van der Waals surface area contributed by atoms with Gasteiger partial charge in [0, 0.05) is 13.0 Å². The number of ether oxygens (including phenoxy) is 1. The number of esters is 1. The standard InChI is InChI=1S/C25H30N2O5S/c1-2-17-32-25(29)22(18-20-11-5-3-6-12-20)26-24(28)23-15-9-10-16-27(23)33(30,31)19-21-13-7-4-8-14-21/h2-8,11-14,22-23H,1,9-10,15-19H2,(H,26,28)/t22-,23+/m1/s1. The summed E-state index contributed by atoms with van der Waals surface area (Å²) in [4.78, 5) is 25.9. The van der Waals surface area contributed by atoms with Gasteiger partial charge in [-0.25, -0.2) is 13.2 Å². The third kappa shape index (κ3) is 7.00. The predicted molar refractivity (Wildman–Crippen MR) is 127 cm³/mol. The van der Waals surface area contributed by atoms with Crippen molar-refractivity contribution in [2.75, 3.05) is 13.2 Å². The van der Waals surface area contributed by atoms with Gasteiger partial charge in [-0.1, -0.05) is 79.7 Å². The summed E-state index contributed by atoms with van der Waals surface area (Å²) < 4.78 is 32.8. The van der Waals surface area contributed by atoms with Crippen LogP contribution in [0.1, 0.15) is 30.4 Å². The van der Waals surface area contributed by atoms with Crippen LogP contribution in [0.2, 0.25) is 0 Å². The van der Waals surface area contributed by atoms with E-state index < -0.39 is 34.0 Å². The first kappa shape index (κ1) is 24.7. The number of benzene rings is 2. The van der Waals surface area contributed by atoms with E-state index in [9.17, 15) is 18.0 Å². The SMILES string of the molecule is C=CCOC(=O)[C@@H](Cc1ccccc1)NC(=O)[C@@H]1CCCCN1S(=O)(=O)Cc1ccccc1. The fourth-order valence-corrected chi connectivity index (χ4v) is 5.70. The van der Waals surface area contributed by atoms with Gasteiger partial charge in [0.25, 0.3) is 0 Å². The molecule has 0 aromatic heterocycles. The second-order valence-corrected chi connectivity index (χ2v) is 9.96. The van der Waals surface area contributed by atoms with Gasteiger partial charge in [-0.2, -0.15) is 4.31 Å². The predicted octanol–water partition coefficient (Wildman–Crippen LogP) is 2.83. The highest BCUT2D eigenvalue weighted by Crippen LogP contribution is 2.23. The Kier molecular flexibility index (Phi) is 8.79. The number of piperidine rings is 1. The number of hydrogen-bond acceptors (Lipinski definition) is 5. The van der Waals surface area contributed by atoms with Gasteiger partial charge >= 0.3 is 5.97 Å². The molecule has 1 fully saturated rings. The van der Waals surface area contributed by atoms with E-state index >= 15 is 0 Å². The smallest absolute Gasteiger partial charge is 0.329 e. The molecule has 1 aliphatic heterocycles. The summed E-state index contributed by atoms with van der Waals surface area (Å²) in [7, 11) is -3.72.